The van der Waals surface area contributed by atoms with E-state index in [1.54, 1.807) is 0 Å². The molecule has 1 nitrogen and oxygen atoms in total. The summed E-state index contributed by atoms with van der Waals surface area (Å²) < 4.78 is 0. The summed E-state index contributed by atoms with van der Waals surface area (Å²) in [5.74, 6) is 0.163. The molecule has 1 unspecified atom stereocenters. The molecule has 0 bridgehead atoms. The van der Waals surface area contributed by atoms with E-state index in [2.05, 4.69) is 15.9 Å². The second-order valence-corrected chi connectivity index (χ2v) is 4.98. The Morgan fingerprint density at radius 2 is 1.47 bits per heavy atom. The molecule has 0 heterocycles. The highest BCUT2D eigenvalue weighted by Gasteiger charge is 2.13. The van der Waals surface area contributed by atoms with Gasteiger partial charge in [0.25, 0.3) is 0 Å². The summed E-state index contributed by atoms with van der Waals surface area (Å²) in [5.41, 5.74) is 1.91. The van der Waals surface area contributed by atoms with E-state index in [9.17, 15) is 4.79 Å². The number of benzene rings is 2. The van der Waals surface area contributed by atoms with Gasteiger partial charge < -0.3 is 0 Å². The summed E-state index contributed by atoms with van der Waals surface area (Å²) >= 11 is 3.56. The highest BCUT2D eigenvalue weighted by Crippen LogP contribution is 2.27. The lowest BCUT2D eigenvalue weighted by Gasteiger charge is -2.09. The minimum absolute atomic E-state index is 0.0800. The maximum Gasteiger partial charge on any atom is 0.164 e. The third-order valence-electron chi connectivity index (χ3n) is 2.62. The normalized spacial score (nSPS) is 12.1. The van der Waals surface area contributed by atoms with Crippen molar-refractivity contribution in [3.63, 3.8) is 0 Å². The molecule has 2 aromatic rings. The lowest BCUT2D eigenvalue weighted by Crippen LogP contribution is -2.02. The molecule has 0 fully saturated rings. The van der Waals surface area contributed by atoms with Crippen LogP contribution in [-0.4, -0.2) is 5.78 Å². The number of rotatable bonds is 4. The molecule has 1 atom stereocenters. The fraction of sp³-hybridized carbons (Fsp3) is 0.133. The van der Waals surface area contributed by atoms with E-state index >= 15 is 0 Å². The van der Waals surface area contributed by atoms with Crippen molar-refractivity contribution in [3.05, 3.63) is 71.8 Å². The van der Waals surface area contributed by atoms with Crippen molar-refractivity contribution >= 4 is 21.7 Å². The minimum Gasteiger partial charge on any atom is -0.294 e. The van der Waals surface area contributed by atoms with E-state index in [-0.39, 0.29) is 10.6 Å². The molecule has 2 rings (SSSR count). The van der Waals surface area contributed by atoms with Gasteiger partial charge in [-0.25, -0.2) is 0 Å². The van der Waals surface area contributed by atoms with E-state index in [0.717, 1.165) is 11.1 Å². The predicted octanol–water partition coefficient (Wildman–Crippen LogP) is 4.40. The van der Waals surface area contributed by atoms with Crippen LogP contribution in [0.25, 0.3) is 0 Å². The van der Waals surface area contributed by atoms with Gasteiger partial charge in [-0.3, -0.25) is 4.79 Å². The van der Waals surface area contributed by atoms with Crippen LogP contribution in [-0.2, 0) is 0 Å². The SMILES string of the molecule is O=C(CC(Br)c1ccccc1)c1ccccc1. The van der Waals surface area contributed by atoms with Crippen LogP contribution in [0.15, 0.2) is 60.7 Å². The molecule has 0 aliphatic carbocycles. The summed E-state index contributed by atoms with van der Waals surface area (Å²) in [6, 6.07) is 19.4. The average Bonchev–Trinajstić information content (AvgIpc) is 2.40. The Balaban J connectivity index is 2.05. The highest BCUT2D eigenvalue weighted by atomic mass is 79.9. The van der Waals surface area contributed by atoms with E-state index < -0.39 is 0 Å². The van der Waals surface area contributed by atoms with E-state index in [1.165, 1.54) is 0 Å². The standard InChI is InChI=1S/C15H13BrO/c16-14(12-7-3-1-4-8-12)11-15(17)13-9-5-2-6-10-13/h1-10,14H,11H2. The van der Waals surface area contributed by atoms with Crippen molar-refractivity contribution < 1.29 is 4.79 Å². The Morgan fingerprint density at radius 1 is 0.941 bits per heavy atom. The fourth-order valence-electron chi connectivity index (χ4n) is 1.68. The van der Waals surface area contributed by atoms with Crippen molar-refractivity contribution in [1.29, 1.82) is 0 Å². The van der Waals surface area contributed by atoms with Crippen LogP contribution in [0.2, 0.25) is 0 Å². The molecule has 0 amide bonds. The molecule has 0 saturated carbocycles. The predicted molar refractivity (Wildman–Crippen MR) is 73.5 cm³/mol. The molecule has 0 N–H and O–H groups in total. The van der Waals surface area contributed by atoms with Crippen molar-refractivity contribution in [3.8, 4) is 0 Å². The van der Waals surface area contributed by atoms with Crippen LogP contribution in [0.5, 0.6) is 0 Å². The number of Topliss-reactive ketones (excluding diaryl/α,β-unsaturated/α-hetero) is 1. The molecule has 2 aromatic carbocycles. The zero-order valence-electron chi connectivity index (χ0n) is 9.34. The molecule has 0 aliphatic heterocycles. The van der Waals surface area contributed by atoms with Crippen LogP contribution in [0.1, 0.15) is 27.2 Å². The lowest BCUT2D eigenvalue weighted by atomic mass is 10.0. The number of carbonyl (C=O) groups excluding carboxylic acids is 1. The zero-order valence-corrected chi connectivity index (χ0v) is 10.9. The van der Waals surface area contributed by atoms with Gasteiger partial charge >= 0.3 is 0 Å². The van der Waals surface area contributed by atoms with Gasteiger partial charge in [-0.1, -0.05) is 76.6 Å². The Kier molecular flexibility index (Phi) is 4.10. The molecule has 0 aromatic heterocycles. The fourth-order valence-corrected chi connectivity index (χ4v) is 2.28. The lowest BCUT2D eigenvalue weighted by molar-refractivity contribution is 0.0982. The van der Waals surface area contributed by atoms with Gasteiger partial charge in [-0.2, -0.15) is 0 Å². The Morgan fingerprint density at radius 3 is 2.06 bits per heavy atom. The molecule has 86 valence electrons. The first kappa shape index (κ1) is 12.1. The van der Waals surface area contributed by atoms with Crippen LogP contribution in [0.4, 0.5) is 0 Å². The largest absolute Gasteiger partial charge is 0.294 e. The van der Waals surface area contributed by atoms with Gasteiger partial charge in [0.1, 0.15) is 0 Å². The molecule has 0 spiro atoms. The zero-order chi connectivity index (χ0) is 12.1. The van der Waals surface area contributed by atoms with Crippen LogP contribution in [0, 0.1) is 0 Å². The smallest absolute Gasteiger partial charge is 0.164 e. The summed E-state index contributed by atoms with van der Waals surface area (Å²) in [4.78, 5) is 12.1. The second kappa shape index (κ2) is 5.78. The highest BCUT2D eigenvalue weighted by molar-refractivity contribution is 9.09. The third kappa shape index (κ3) is 3.27. The van der Waals surface area contributed by atoms with Crippen LogP contribution in [0.3, 0.4) is 0 Å². The summed E-state index contributed by atoms with van der Waals surface area (Å²) in [6.45, 7) is 0. The van der Waals surface area contributed by atoms with Gasteiger partial charge in [0.05, 0.1) is 0 Å². The summed E-state index contributed by atoms with van der Waals surface area (Å²) in [7, 11) is 0. The van der Waals surface area contributed by atoms with Crippen LogP contribution < -0.4 is 0 Å². The van der Waals surface area contributed by atoms with Gasteiger partial charge in [0.2, 0.25) is 0 Å². The number of hydrogen-bond donors (Lipinski definition) is 0. The van der Waals surface area contributed by atoms with Gasteiger partial charge in [0.15, 0.2) is 5.78 Å². The number of hydrogen-bond acceptors (Lipinski definition) is 1. The van der Waals surface area contributed by atoms with Gasteiger partial charge in [-0.15, -0.1) is 0 Å². The molecule has 2 heteroatoms. The molecule has 17 heavy (non-hydrogen) atoms. The van der Waals surface area contributed by atoms with Crippen molar-refractivity contribution in [2.45, 2.75) is 11.2 Å². The van der Waals surface area contributed by atoms with Crippen LogP contribution >= 0.6 is 15.9 Å². The quantitative estimate of drug-likeness (QED) is 0.602. The topological polar surface area (TPSA) is 17.1 Å². The number of ketones is 1. The number of halogens is 1. The summed E-state index contributed by atoms with van der Waals surface area (Å²) in [5, 5.41) is 0. The van der Waals surface area contributed by atoms with E-state index in [1.807, 2.05) is 60.7 Å². The minimum atomic E-state index is 0.0800. The third-order valence-corrected chi connectivity index (χ3v) is 3.47. The number of carbonyl (C=O) groups is 1. The number of alkyl halides is 1. The van der Waals surface area contributed by atoms with Crippen molar-refractivity contribution in [2.75, 3.05) is 0 Å². The maximum atomic E-state index is 12.0. The monoisotopic (exact) mass is 288 g/mol. The van der Waals surface area contributed by atoms with Crippen molar-refractivity contribution in [2.24, 2.45) is 0 Å². The first-order valence-corrected chi connectivity index (χ1v) is 6.46. The second-order valence-electron chi connectivity index (χ2n) is 3.87. The molecule has 0 radical (unpaired) electrons. The first-order valence-electron chi connectivity index (χ1n) is 5.54. The molecular weight excluding hydrogens is 276 g/mol. The average molecular weight is 289 g/mol. The van der Waals surface area contributed by atoms with E-state index in [0.29, 0.717) is 6.42 Å². The first-order chi connectivity index (χ1) is 8.27. The molecule has 0 saturated heterocycles. The Bertz CT molecular complexity index is 479. The summed E-state index contributed by atoms with van der Waals surface area (Å²) in [6.07, 6.45) is 0.480. The van der Waals surface area contributed by atoms with Gasteiger partial charge in [0, 0.05) is 16.8 Å². The van der Waals surface area contributed by atoms with Crippen molar-refractivity contribution in [1.82, 2.24) is 0 Å². The Hall–Kier alpha value is -1.41. The maximum absolute atomic E-state index is 12.0. The van der Waals surface area contributed by atoms with E-state index in [4.69, 9.17) is 0 Å². The Labute approximate surface area is 110 Å². The molecular formula is C15H13BrO. The molecule has 0 aliphatic rings. The van der Waals surface area contributed by atoms with Gasteiger partial charge in [-0.05, 0) is 5.56 Å².